The number of anilines is 2. The van der Waals surface area contributed by atoms with Crippen molar-refractivity contribution < 1.29 is 19.1 Å². The Labute approximate surface area is 248 Å². The van der Waals surface area contributed by atoms with Gasteiger partial charge in [-0.05, 0) is 65.4 Å². The van der Waals surface area contributed by atoms with Gasteiger partial charge in [0.2, 0.25) is 17.7 Å². The van der Waals surface area contributed by atoms with Crippen LogP contribution in [0, 0.1) is 5.41 Å². The molecule has 2 aliphatic heterocycles. The molecule has 3 aromatic rings. The summed E-state index contributed by atoms with van der Waals surface area (Å²) in [4.78, 5) is 40.1. The average molecular weight is 596 g/mol. The Morgan fingerprint density at radius 1 is 1.05 bits per heavy atom. The van der Waals surface area contributed by atoms with Gasteiger partial charge >= 0.3 is 0 Å². The molecule has 1 unspecified atom stereocenters. The molecule has 0 aromatic heterocycles. The molecule has 8 nitrogen and oxygen atoms in total. The molecule has 0 aliphatic carbocycles. The van der Waals surface area contributed by atoms with Gasteiger partial charge < -0.3 is 26.4 Å². The zero-order chi connectivity index (χ0) is 29.7. The molecule has 3 amide bonds. The van der Waals surface area contributed by atoms with Crippen LogP contribution in [0.25, 0.3) is 0 Å². The lowest BCUT2D eigenvalue weighted by molar-refractivity contribution is -0.122. The van der Waals surface area contributed by atoms with Crippen molar-refractivity contribution in [1.29, 1.82) is 0 Å². The third-order valence-corrected chi connectivity index (χ3v) is 8.33. The minimum absolute atomic E-state index is 0.182. The Balaban J connectivity index is 1.67. The summed E-state index contributed by atoms with van der Waals surface area (Å²) in [6, 6.07) is 16.0. The number of primary amides is 1. The summed E-state index contributed by atoms with van der Waals surface area (Å²) in [5, 5.41) is 10.6. The highest BCUT2D eigenvalue weighted by Gasteiger charge is 2.65. The molecule has 41 heavy (non-hydrogen) atoms. The first-order valence-electron chi connectivity index (χ1n) is 13.3. The van der Waals surface area contributed by atoms with Gasteiger partial charge in [0.25, 0.3) is 0 Å². The van der Waals surface area contributed by atoms with Crippen LogP contribution in [-0.4, -0.2) is 36.9 Å². The molecule has 5 rings (SSSR count). The standard InChI is InChI=1S/C31H32Cl2N4O4/c1-30(2,3)15-24-31(20-10-9-19(33)14-22(20)36-29(31)40)25(16-6-5-7-18(32)12-16)26(37-24)28(39)35-21-11-8-17(27(34)38)13-23(21)41-4/h5-14,24-26,37H,15H2,1-4H3,(H2,34,38)(H,35,39)(H,36,40)/t24?,25-,26+,31+/m0/s1. The molecule has 1 spiro atoms. The molecule has 2 heterocycles. The smallest absolute Gasteiger partial charge is 0.248 e. The maximum absolute atomic E-state index is 14.2. The van der Waals surface area contributed by atoms with Crippen molar-refractivity contribution in [3.05, 3.63) is 87.4 Å². The van der Waals surface area contributed by atoms with Crippen molar-refractivity contribution in [2.24, 2.45) is 11.1 Å². The molecule has 4 atom stereocenters. The molecular weight excluding hydrogens is 563 g/mol. The van der Waals surface area contributed by atoms with Crippen molar-refractivity contribution in [3.8, 4) is 5.75 Å². The molecule has 2 aliphatic rings. The van der Waals surface area contributed by atoms with Crippen LogP contribution >= 0.6 is 23.2 Å². The minimum atomic E-state index is -1.14. The molecule has 214 valence electrons. The van der Waals surface area contributed by atoms with Crippen molar-refractivity contribution in [2.75, 3.05) is 17.7 Å². The summed E-state index contributed by atoms with van der Waals surface area (Å²) in [6.07, 6.45) is 0.597. The highest BCUT2D eigenvalue weighted by molar-refractivity contribution is 6.31. The summed E-state index contributed by atoms with van der Waals surface area (Å²) in [6.45, 7) is 6.31. The zero-order valence-electron chi connectivity index (χ0n) is 23.2. The number of halogens is 2. The van der Waals surface area contributed by atoms with Crippen LogP contribution in [0.4, 0.5) is 11.4 Å². The van der Waals surface area contributed by atoms with Gasteiger partial charge in [-0.15, -0.1) is 0 Å². The number of hydrogen-bond donors (Lipinski definition) is 4. The quantitative estimate of drug-likeness (QED) is 0.300. The van der Waals surface area contributed by atoms with Gasteiger partial charge in [-0.25, -0.2) is 0 Å². The van der Waals surface area contributed by atoms with Crippen LogP contribution in [0.5, 0.6) is 5.75 Å². The van der Waals surface area contributed by atoms with E-state index in [1.54, 1.807) is 30.3 Å². The predicted molar refractivity (Wildman–Crippen MR) is 161 cm³/mol. The highest BCUT2D eigenvalue weighted by Crippen LogP contribution is 2.56. The van der Waals surface area contributed by atoms with Crippen molar-refractivity contribution >= 4 is 52.3 Å². The molecular formula is C31H32Cl2N4O4. The fraction of sp³-hybridized carbons (Fsp3) is 0.323. The van der Waals surface area contributed by atoms with E-state index in [4.69, 9.17) is 33.7 Å². The van der Waals surface area contributed by atoms with Crippen LogP contribution in [0.2, 0.25) is 10.0 Å². The molecule has 3 aromatic carbocycles. The minimum Gasteiger partial charge on any atom is -0.495 e. The van der Waals surface area contributed by atoms with Gasteiger partial charge in [0.1, 0.15) is 11.2 Å². The molecule has 1 fully saturated rings. The number of nitrogens with two attached hydrogens (primary N) is 1. The van der Waals surface area contributed by atoms with Gasteiger partial charge in [0, 0.05) is 33.3 Å². The first kappa shape index (κ1) is 28.9. The third-order valence-electron chi connectivity index (χ3n) is 7.86. The van der Waals surface area contributed by atoms with Crippen LogP contribution in [0.3, 0.4) is 0 Å². The Kier molecular flexibility index (Phi) is 7.53. The van der Waals surface area contributed by atoms with Crippen molar-refractivity contribution in [2.45, 2.75) is 50.6 Å². The number of nitrogens with one attached hydrogen (secondary N) is 3. The number of carbonyl (C=O) groups is 3. The second-order valence-electron chi connectivity index (χ2n) is 11.8. The topological polar surface area (TPSA) is 123 Å². The maximum Gasteiger partial charge on any atom is 0.248 e. The number of amides is 3. The maximum atomic E-state index is 14.2. The van der Waals surface area contributed by atoms with Gasteiger partial charge in [0.05, 0.1) is 18.8 Å². The van der Waals surface area contributed by atoms with Gasteiger partial charge in [0.15, 0.2) is 0 Å². The van der Waals surface area contributed by atoms with Crippen LogP contribution in [0.15, 0.2) is 60.7 Å². The molecule has 0 radical (unpaired) electrons. The summed E-state index contributed by atoms with van der Waals surface area (Å²) in [5.41, 5.74) is 6.87. The van der Waals surface area contributed by atoms with E-state index in [2.05, 4.69) is 36.7 Å². The van der Waals surface area contributed by atoms with Crippen LogP contribution < -0.4 is 26.4 Å². The van der Waals surface area contributed by atoms with Crippen molar-refractivity contribution in [1.82, 2.24) is 5.32 Å². The summed E-state index contributed by atoms with van der Waals surface area (Å²) in [7, 11) is 1.44. The molecule has 5 N–H and O–H groups in total. The van der Waals surface area contributed by atoms with Crippen LogP contribution in [-0.2, 0) is 15.0 Å². The van der Waals surface area contributed by atoms with Crippen LogP contribution in [0.1, 0.15) is 54.6 Å². The lowest BCUT2D eigenvalue weighted by Gasteiger charge is -2.37. The van der Waals surface area contributed by atoms with Gasteiger partial charge in [-0.3, -0.25) is 14.4 Å². The van der Waals surface area contributed by atoms with E-state index in [-0.39, 0.29) is 28.5 Å². The molecule has 10 heteroatoms. The van der Waals surface area contributed by atoms with E-state index in [1.165, 1.54) is 19.2 Å². The molecule has 1 saturated heterocycles. The predicted octanol–water partition coefficient (Wildman–Crippen LogP) is 5.49. The van der Waals surface area contributed by atoms with E-state index in [0.29, 0.717) is 27.8 Å². The summed E-state index contributed by atoms with van der Waals surface area (Å²) < 4.78 is 5.44. The van der Waals surface area contributed by atoms with Gasteiger partial charge in [-0.1, -0.05) is 62.2 Å². The van der Waals surface area contributed by atoms with Gasteiger partial charge in [-0.2, -0.15) is 0 Å². The molecule has 0 saturated carbocycles. The number of benzene rings is 3. The second kappa shape index (κ2) is 10.7. The average Bonchev–Trinajstić information content (AvgIpc) is 3.37. The normalized spacial score (nSPS) is 23.3. The van der Waals surface area contributed by atoms with Crippen molar-refractivity contribution in [3.63, 3.8) is 0 Å². The number of rotatable bonds is 6. The fourth-order valence-electron chi connectivity index (χ4n) is 6.28. The summed E-state index contributed by atoms with van der Waals surface area (Å²) >= 11 is 12.8. The Hall–Kier alpha value is -3.59. The number of carbonyl (C=O) groups excluding carboxylic acids is 3. The highest BCUT2D eigenvalue weighted by atomic mass is 35.5. The largest absolute Gasteiger partial charge is 0.495 e. The Morgan fingerprint density at radius 2 is 1.78 bits per heavy atom. The fourth-order valence-corrected chi connectivity index (χ4v) is 6.65. The van der Waals surface area contributed by atoms with E-state index in [9.17, 15) is 14.4 Å². The number of methoxy groups -OCH3 is 1. The SMILES string of the molecule is COc1cc(C(N)=O)ccc1NC(=O)[C@@H]1NC(CC(C)(C)C)[C@@]2(C(=O)Nc3cc(Cl)ccc32)[C@H]1c1cccc(Cl)c1. The first-order valence-corrected chi connectivity index (χ1v) is 14.0. The second-order valence-corrected chi connectivity index (χ2v) is 12.6. The van der Waals surface area contributed by atoms with E-state index >= 15 is 0 Å². The number of fused-ring (bicyclic) bond motifs is 2. The first-order chi connectivity index (χ1) is 19.3. The van der Waals surface area contributed by atoms with E-state index < -0.39 is 29.3 Å². The lowest BCUT2D eigenvalue weighted by Crippen LogP contribution is -2.49. The Bertz CT molecular complexity index is 1550. The van der Waals surface area contributed by atoms with E-state index in [0.717, 1.165) is 11.1 Å². The van der Waals surface area contributed by atoms with E-state index in [1.807, 2.05) is 18.2 Å². The number of hydrogen-bond acceptors (Lipinski definition) is 5. The number of ether oxygens (including phenoxy) is 1. The summed E-state index contributed by atoms with van der Waals surface area (Å²) in [5.74, 6) is -1.54. The molecule has 0 bridgehead atoms. The monoisotopic (exact) mass is 594 g/mol. The Morgan fingerprint density at radius 3 is 2.44 bits per heavy atom. The lowest BCUT2D eigenvalue weighted by atomic mass is 9.62. The zero-order valence-corrected chi connectivity index (χ0v) is 24.7. The third kappa shape index (κ3) is 5.16.